The number of rotatable bonds is 4. The van der Waals surface area contributed by atoms with Crippen LogP contribution in [0.3, 0.4) is 0 Å². The molecular formula is C27H37N3O4. The van der Waals surface area contributed by atoms with Crippen molar-refractivity contribution in [2.75, 3.05) is 25.2 Å². The van der Waals surface area contributed by atoms with Gasteiger partial charge in [-0.05, 0) is 76.8 Å². The largest absolute Gasteiger partial charge is 0.452 e. The van der Waals surface area contributed by atoms with Crippen molar-refractivity contribution in [2.45, 2.75) is 83.7 Å². The molecule has 1 amide bonds. The van der Waals surface area contributed by atoms with Crippen LogP contribution in [0.4, 0.5) is 10.5 Å². The number of hydrogen-bond donors (Lipinski definition) is 0. The van der Waals surface area contributed by atoms with Crippen LogP contribution in [0.5, 0.6) is 0 Å². The molecule has 1 aromatic heterocycles. The lowest BCUT2D eigenvalue weighted by molar-refractivity contribution is -0.122. The summed E-state index contributed by atoms with van der Waals surface area (Å²) >= 11 is 0. The van der Waals surface area contributed by atoms with Crippen molar-refractivity contribution in [2.24, 2.45) is 11.8 Å². The molecule has 2 aliphatic heterocycles. The van der Waals surface area contributed by atoms with Gasteiger partial charge in [-0.3, -0.25) is 9.69 Å². The average molecular weight is 468 g/mol. The number of imidazole rings is 1. The molecular weight excluding hydrogens is 430 g/mol. The van der Waals surface area contributed by atoms with Gasteiger partial charge in [0.1, 0.15) is 11.6 Å². The highest BCUT2D eigenvalue weighted by atomic mass is 16.5. The van der Waals surface area contributed by atoms with Gasteiger partial charge in [0.25, 0.3) is 0 Å². The summed E-state index contributed by atoms with van der Waals surface area (Å²) in [5, 5.41) is 0. The zero-order valence-electron chi connectivity index (χ0n) is 20.7. The molecule has 0 unspecified atom stereocenters. The van der Waals surface area contributed by atoms with E-state index in [0.29, 0.717) is 17.7 Å². The number of carbonyl (C=O) groups excluding carboxylic acids is 2. The lowest BCUT2D eigenvalue weighted by Crippen LogP contribution is -2.42. The molecule has 1 saturated carbocycles. The molecule has 2 fully saturated rings. The van der Waals surface area contributed by atoms with E-state index in [1.54, 1.807) is 11.8 Å². The van der Waals surface area contributed by atoms with Gasteiger partial charge in [0.2, 0.25) is 0 Å². The van der Waals surface area contributed by atoms with E-state index >= 15 is 0 Å². The van der Waals surface area contributed by atoms with Gasteiger partial charge in [0.15, 0.2) is 0 Å². The molecule has 0 radical (unpaired) electrons. The van der Waals surface area contributed by atoms with Crippen LogP contribution in [0.1, 0.15) is 76.2 Å². The SMILES string of the molecule is COC(=O)N1c2ccc3c(nc(CC4CCOCC4)n3[C@@H]3CCC[C@@H](C(C)=O)C3)c2CC[C@@H]1C. The molecule has 5 rings (SSSR count). The van der Waals surface area contributed by atoms with Gasteiger partial charge in [-0.25, -0.2) is 9.78 Å². The van der Waals surface area contributed by atoms with Crippen molar-refractivity contribution in [1.82, 2.24) is 9.55 Å². The Hall–Kier alpha value is -2.41. The fourth-order valence-electron chi connectivity index (χ4n) is 6.35. The molecule has 1 aliphatic carbocycles. The standard InChI is InChI=1S/C27H37N3O4/c1-17-7-8-22-23(29(17)27(32)33-3)9-10-24-26(22)28-25(15-19-11-13-34-14-12-19)30(24)21-6-4-5-20(16-21)18(2)31/h9-10,17,19-21H,4-8,11-16H2,1-3H3/t17-,20+,21+/m0/s1. The lowest BCUT2D eigenvalue weighted by atomic mass is 9.83. The third-order valence-electron chi connectivity index (χ3n) is 8.30. The van der Waals surface area contributed by atoms with Crippen molar-refractivity contribution in [1.29, 1.82) is 0 Å². The van der Waals surface area contributed by atoms with Crippen LogP contribution < -0.4 is 4.90 Å². The van der Waals surface area contributed by atoms with E-state index in [1.165, 1.54) is 7.11 Å². The summed E-state index contributed by atoms with van der Waals surface area (Å²) in [6, 6.07) is 4.60. The molecule has 0 spiro atoms. The van der Waals surface area contributed by atoms with E-state index in [2.05, 4.69) is 23.6 Å². The highest BCUT2D eigenvalue weighted by molar-refractivity contribution is 5.95. The van der Waals surface area contributed by atoms with Crippen molar-refractivity contribution in [3.8, 4) is 0 Å². The summed E-state index contributed by atoms with van der Waals surface area (Å²) in [4.78, 5) is 31.9. The number of ether oxygens (including phenoxy) is 2. The molecule has 1 saturated heterocycles. The van der Waals surface area contributed by atoms with Crippen LogP contribution in [0, 0.1) is 11.8 Å². The van der Waals surface area contributed by atoms with Crippen molar-refractivity contribution in [3.63, 3.8) is 0 Å². The minimum Gasteiger partial charge on any atom is -0.452 e. The third kappa shape index (κ3) is 4.23. The minimum absolute atomic E-state index is 0.0934. The maximum absolute atomic E-state index is 12.6. The number of aromatic nitrogens is 2. The van der Waals surface area contributed by atoms with Crippen molar-refractivity contribution < 1.29 is 19.1 Å². The lowest BCUT2D eigenvalue weighted by Gasteiger charge is -2.34. The minimum atomic E-state index is -0.314. The quantitative estimate of drug-likeness (QED) is 0.615. The maximum atomic E-state index is 12.6. The second-order valence-electron chi connectivity index (χ2n) is 10.4. The Labute approximate surface area is 201 Å². The average Bonchev–Trinajstić information content (AvgIpc) is 3.22. The van der Waals surface area contributed by atoms with Crippen LogP contribution in [0.2, 0.25) is 0 Å². The number of ketones is 1. The van der Waals surface area contributed by atoms with Gasteiger partial charge in [-0.1, -0.05) is 6.42 Å². The Balaban J connectivity index is 1.60. The first-order valence-electron chi connectivity index (χ1n) is 13.0. The Morgan fingerprint density at radius 2 is 1.94 bits per heavy atom. The number of methoxy groups -OCH3 is 1. The van der Waals surface area contributed by atoms with Gasteiger partial charge in [-0.15, -0.1) is 0 Å². The maximum Gasteiger partial charge on any atom is 0.414 e. The van der Waals surface area contributed by atoms with E-state index in [9.17, 15) is 9.59 Å². The van der Waals surface area contributed by atoms with Crippen molar-refractivity contribution >= 4 is 28.6 Å². The van der Waals surface area contributed by atoms with E-state index in [0.717, 1.165) is 99.1 Å². The second-order valence-corrected chi connectivity index (χ2v) is 10.4. The highest BCUT2D eigenvalue weighted by Crippen LogP contribution is 2.41. The summed E-state index contributed by atoms with van der Waals surface area (Å²) in [5.41, 5.74) is 4.23. The number of aryl methyl sites for hydroxylation is 1. The van der Waals surface area contributed by atoms with E-state index in [-0.39, 0.29) is 18.1 Å². The molecule has 0 bridgehead atoms. The number of nitrogens with zero attached hydrogens (tertiary/aromatic N) is 3. The second kappa shape index (κ2) is 9.68. The zero-order chi connectivity index (χ0) is 23.8. The Bertz CT molecular complexity index is 1070. The number of hydrogen-bond acceptors (Lipinski definition) is 5. The van der Waals surface area contributed by atoms with E-state index < -0.39 is 0 Å². The first-order valence-corrected chi connectivity index (χ1v) is 13.0. The predicted octanol–water partition coefficient (Wildman–Crippen LogP) is 5.23. The normalized spacial score (nSPS) is 25.9. The number of benzene rings is 1. The Morgan fingerprint density at radius 1 is 1.15 bits per heavy atom. The summed E-state index contributed by atoms with van der Waals surface area (Å²) in [6.07, 6.45) is 8.58. The molecule has 2 aromatic rings. The van der Waals surface area contributed by atoms with Crippen LogP contribution in [0.25, 0.3) is 11.0 Å². The first-order chi connectivity index (χ1) is 16.5. The molecule has 0 N–H and O–H groups in total. The monoisotopic (exact) mass is 467 g/mol. The highest BCUT2D eigenvalue weighted by Gasteiger charge is 2.34. The summed E-state index contributed by atoms with van der Waals surface area (Å²) in [7, 11) is 1.44. The number of carbonyl (C=O) groups is 2. The van der Waals surface area contributed by atoms with Crippen LogP contribution in [0.15, 0.2) is 12.1 Å². The number of fused-ring (bicyclic) bond motifs is 3. The van der Waals surface area contributed by atoms with Gasteiger partial charge < -0.3 is 14.0 Å². The van der Waals surface area contributed by atoms with Gasteiger partial charge in [0, 0.05) is 43.2 Å². The van der Waals surface area contributed by atoms with Crippen LogP contribution in [-0.4, -0.2) is 47.8 Å². The molecule has 184 valence electrons. The van der Waals surface area contributed by atoms with Gasteiger partial charge in [0.05, 0.1) is 23.8 Å². The number of Topliss-reactive ketones (excluding diaryl/α,β-unsaturated/α-hetero) is 1. The summed E-state index contributed by atoms with van der Waals surface area (Å²) < 4.78 is 13.2. The number of anilines is 1. The van der Waals surface area contributed by atoms with Crippen molar-refractivity contribution in [3.05, 3.63) is 23.5 Å². The van der Waals surface area contributed by atoms with Crippen LogP contribution >= 0.6 is 0 Å². The zero-order valence-corrected chi connectivity index (χ0v) is 20.7. The fraction of sp³-hybridized carbons (Fsp3) is 0.667. The Morgan fingerprint density at radius 3 is 2.68 bits per heavy atom. The number of amides is 1. The van der Waals surface area contributed by atoms with E-state index in [1.807, 2.05) is 0 Å². The molecule has 7 heteroatoms. The fourth-order valence-corrected chi connectivity index (χ4v) is 6.35. The molecule has 3 atom stereocenters. The summed E-state index contributed by atoms with van der Waals surface area (Å²) in [6.45, 7) is 5.45. The topological polar surface area (TPSA) is 73.7 Å². The van der Waals surface area contributed by atoms with Gasteiger partial charge in [-0.2, -0.15) is 0 Å². The smallest absolute Gasteiger partial charge is 0.414 e. The third-order valence-corrected chi connectivity index (χ3v) is 8.30. The Kier molecular flexibility index (Phi) is 6.65. The molecule has 34 heavy (non-hydrogen) atoms. The summed E-state index contributed by atoms with van der Waals surface area (Å²) in [5.74, 6) is 2.15. The molecule has 1 aromatic carbocycles. The molecule has 7 nitrogen and oxygen atoms in total. The predicted molar refractivity (Wildman–Crippen MR) is 131 cm³/mol. The molecule has 3 heterocycles. The van der Waals surface area contributed by atoms with Crippen LogP contribution in [-0.2, 0) is 27.1 Å². The van der Waals surface area contributed by atoms with Gasteiger partial charge >= 0.3 is 6.09 Å². The first kappa shape index (κ1) is 23.3. The molecule has 3 aliphatic rings. The van der Waals surface area contributed by atoms with E-state index in [4.69, 9.17) is 14.5 Å².